The van der Waals surface area contributed by atoms with E-state index in [0.717, 1.165) is 5.56 Å². The third-order valence-corrected chi connectivity index (χ3v) is 3.42. The zero-order valence-corrected chi connectivity index (χ0v) is 11.7. The Bertz CT molecular complexity index is 413. The summed E-state index contributed by atoms with van der Waals surface area (Å²) in [5.41, 5.74) is -1.01. The standard InChI is InChI=1S/C15H22O4/c1-4-13(16)15(18,5-2)14(3,17)19-11-12-9-7-6-8-10-12/h6-10,17-18H,4-5,11H2,1-3H3/t14-,15-/m0/s1. The number of rotatable bonds is 7. The summed E-state index contributed by atoms with van der Waals surface area (Å²) in [6.07, 6.45) is 0.247. The molecule has 0 bridgehead atoms. The molecular formula is C15H22O4. The third kappa shape index (κ3) is 3.41. The van der Waals surface area contributed by atoms with Crippen molar-refractivity contribution in [2.75, 3.05) is 0 Å². The molecule has 1 rings (SSSR count). The van der Waals surface area contributed by atoms with Crippen molar-refractivity contribution in [3.05, 3.63) is 35.9 Å². The van der Waals surface area contributed by atoms with E-state index in [2.05, 4.69) is 0 Å². The van der Waals surface area contributed by atoms with Crippen LogP contribution in [0.25, 0.3) is 0 Å². The van der Waals surface area contributed by atoms with Crippen LogP contribution in [0.4, 0.5) is 0 Å². The predicted molar refractivity (Wildman–Crippen MR) is 72.4 cm³/mol. The van der Waals surface area contributed by atoms with Crippen LogP contribution in [-0.4, -0.2) is 27.4 Å². The van der Waals surface area contributed by atoms with Crippen molar-refractivity contribution in [1.82, 2.24) is 0 Å². The van der Waals surface area contributed by atoms with E-state index in [4.69, 9.17) is 4.74 Å². The van der Waals surface area contributed by atoms with Gasteiger partial charge in [0.2, 0.25) is 0 Å². The number of Topliss-reactive ketones (excluding diaryl/α,β-unsaturated/α-hetero) is 1. The highest BCUT2D eigenvalue weighted by Crippen LogP contribution is 2.30. The molecule has 0 aliphatic carbocycles. The van der Waals surface area contributed by atoms with Gasteiger partial charge in [-0.25, -0.2) is 0 Å². The van der Waals surface area contributed by atoms with E-state index in [0.29, 0.717) is 0 Å². The summed E-state index contributed by atoms with van der Waals surface area (Å²) in [6.45, 7) is 4.75. The molecule has 0 aromatic heterocycles. The van der Waals surface area contributed by atoms with Gasteiger partial charge in [0.05, 0.1) is 6.61 Å². The minimum absolute atomic E-state index is 0.0987. The van der Waals surface area contributed by atoms with Gasteiger partial charge >= 0.3 is 0 Å². The highest BCUT2D eigenvalue weighted by molar-refractivity contribution is 5.87. The molecule has 0 aliphatic rings. The summed E-state index contributed by atoms with van der Waals surface area (Å²) in [6, 6.07) is 9.29. The normalized spacial score (nSPS) is 17.5. The molecule has 19 heavy (non-hydrogen) atoms. The Labute approximate surface area is 114 Å². The first-order valence-corrected chi connectivity index (χ1v) is 6.53. The van der Waals surface area contributed by atoms with Crippen LogP contribution in [0.5, 0.6) is 0 Å². The van der Waals surface area contributed by atoms with Crippen LogP contribution >= 0.6 is 0 Å². The third-order valence-electron chi connectivity index (χ3n) is 3.42. The van der Waals surface area contributed by atoms with Gasteiger partial charge in [-0.2, -0.15) is 0 Å². The second-order valence-electron chi connectivity index (χ2n) is 4.75. The zero-order chi connectivity index (χ0) is 14.5. The first-order valence-electron chi connectivity index (χ1n) is 6.53. The van der Waals surface area contributed by atoms with Crippen molar-refractivity contribution in [2.24, 2.45) is 0 Å². The first kappa shape index (κ1) is 15.8. The first-order chi connectivity index (χ1) is 8.87. The molecule has 0 saturated heterocycles. The van der Waals surface area contributed by atoms with Gasteiger partial charge in [-0.05, 0) is 18.9 Å². The molecule has 0 spiro atoms. The molecule has 0 aliphatic heterocycles. The average Bonchev–Trinajstić information content (AvgIpc) is 2.44. The number of ether oxygens (including phenoxy) is 1. The molecular weight excluding hydrogens is 244 g/mol. The molecule has 1 aromatic rings. The maximum Gasteiger partial charge on any atom is 0.199 e. The summed E-state index contributed by atoms with van der Waals surface area (Å²) in [7, 11) is 0. The molecule has 2 N–H and O–H groups in total. The van der Waals surface area contributed by atoms with Gasteiger partial charge < -0.3 is 14.9 Å². The van der Waals surface area contributed by atoms with Crippen molar-refractivity contribution in [3.63, 3.8) is 0 Å². The van der Waals surface area contributed by atoms with Crippen LogP contribution < -0.4 is 0 Å². The zero-order valence-electron chi connectivity index (χ0n) is 11.7. The second-order valence-corrected chi connectivity index (χ2v) is 4.75. The average molecular weight is 266 g/mol. The highest BCUT2D eigenvalue weighted by Gasteiger charge is 2.50. The second kappa shape index (κ2) is 6.28. The highest BCUT2D eigenvalue weighted by atomic mass is 16.6. The number of hydrogen-bond donors (Lipinski definition) is 2. The largest absolute Gasteiger partial charge is 0.377 e. The van der Waals surface area contributed by atoms with Gasteiger partial charge in [0.15, 0.2) is 17.2 Å². The SMILES string of the molecule is CCC(=O)[C@@](O)(CC)[C@@](C)(O)OCc1ccccc1. The van der Waals surface area contributed by atoms with Crippen LogP contribution in [-0.2, 0) is 16.1 Å². The summed E-state index contributed by atoms with van der Waals surface area (Å²) < 4.78 is 5.38. The number of benzene rings is 1. The molecule has 0 unspecified atom stereocenters. The van der Waals surface area contributed by atoms with E-state index < -0.39 is 17.2 Å². The molecule has 4 nitrogen and oxygen atoms in total. The van der Waals surface area contributed by atoms with E-state index in [1.165, 1.54) is 6.92 Å². The number of carbonyl (C=O) groups excluding carboxylic acids is 1. The Morgan fingerprint density at radius 3 is 2.26 bits per heavy atom. The Hall–Kier alpha value is -1.23. The van der Waals surface area contributed by atoms with Crippen molar-refractivity contribution in [1.29, 1.82) is 0 Å². The maximum atomic E-state index is 11.8. The van der Waals surface area contributed by atoms with Crippen LogP contribution in [0.15, 0.2) is 30.3 Å². The lowest BCUT2D eigenvalue weighted by Gasteiger charge is -2.38. The Kier molecular flexibility index (Phi) is 5.23. The Morgan fingerprint density at radius 2 is 1.79 bits per heavy atom. The summed E-state index contributed by atoms with van der Waals surface area (Å²) in [4.78, 5) is 11.8. The minimum atomic E-state index is -1.91. The van der Waals surface area contributed by atoms with Crippen LogP contribution in [0.1, 0.15) is 39.2 Å². The number of aliphatic hydroxyl groups is 2. The van der Waals surface area contributed by atoms with Gasteiger partial charge in [-0.15, -0.1) is 0 Å². The fourth-order valence-electron chi connectivity index (χ4n) is 1.99. The minimum Gasteiger partial charge on any atom is -0.377 e. The van der Waals surface area contributed by atoms with Crippen LogP contribution in [0, 0.1) is 0 Å². The number of ketones is 1. The molecule has 2 atom stereocenters. The van der Waals surface area contributed by atoms with E-state index >= 15 is 0 Å². The van der Waals surface area contributed by atoms with Gasteiger partial charge in [0, 0.05) is 6.42 Å². The lowest BCUT2D eigenvalue weighted by atomic mass is 9.85. The van der Waals surface area contributed by atoms with Crippen molar-refractivity contribution >= 4 is 5.78 Å². The van der Waals surface area contributed by atoms with Gasteiger partial charge in [0.25, 0.3) is 0 Å². The van der Waals surface area contributed by atoms with Crippen LogP contribution in [0.3, 0.4) is 0 Å². The molecule has 0 fully saturated rings. The van der Waals surface area contributed by atoms with Crippen molar-refractivity contribution in [2.45, 2.75) is 51.6 Å². The van der Waals surface area contributed by atoms with Gasteiger partial charge in [-0.3, -0.25) is 4.79 Å². The van der Waals surface area contributed by atoms with E-state index in [1.807, 2.05) is 30.3 Å². The fraction of sp³-hybridized carbons (Fsp3) is 0.533. The van der Waals surface area contributed by atoms with Gasteiger partial charge in [-0.1, -0.05) is 44.2 Å². The molecule has 0 saturated carbocycles. The van der Waals surface area contributed by atoms with E-state index in [9.17, 15) is 15.0 Å². The smallest absolute Gasteiger partial charge is 0.199 e. The lowest BCUT2D eigenvalue weighted by molar-refractivity contribution is -0.284. The predicted octanol–water partition coefficient (Wildman–Crippen LogP) is 2.03. The van der Waals surface area contributed by atoms with Crippen molar-refractivity contribution in [3.8, 4) is 0 Å². The Balaban J connectivity index is 2.81. The molecule has 0 radical (unpaired) electrons. The maximum absolute atomic E-state index is 11.8. The van der Waals surface area contributed by atoms with Gasteiger partial charge in [0.1, 0.15) is 0 Å². The molecule has 106 valence electrons. The fourth-order valence-corrected chi connectivity index (χ4v) is 1.99. The molecule has 0 heterocycles. The lowest BCUT2D eigenvalue weighted by Crippen LogP contribution is -2.58. The number of carbonyl (C=O) groups is 1. The van der Waals surface area contributed by atoms with E-state index in [1.54, 1.807) is 13.8 Å². The summed E-state index contributed by atoms with van der Waals surface area (Å²) in [5, 5.41) is 20.7. The van der Waals surface area contributed by atoms with Crippen LogP contribution in [0.2, 0.25) is 0 Å². The summed E-state index contributed by atoms with van der Waals surface area (Å²) in [5.74, 6) is -2.34. The molecule has 1 aromatic carbocycles. The molecule has 4 heteroatoms. The monoisotopic (exact) mass is 266 g/mol. The topological polar surface area (TPSA) is 66.8 Å². The molecule has 0 amide bonds. The van der Waals surface area contributed by atoms with E-state index in [-0.39, 0.29) is 19.4 Å². The quantitative estimate of drug-likeness (QED) is 0.741. The Morgan fingerprint density at radius 1 is 1.21 bits per heavy atom. The summed E-state index contributed by atoms with van der Waals surface area (Å²) >= 11 is 0. The number of hydrogen-bond acceptors (Lipinski definition) is 4. The van der Waals surface area contributed by atoms with Crippen molar-refractivity contribution < 1.29 is 19.7 Å².